The number of esters is 1. The summed E-state index contributed by atoms with van der Waals surface area (Å²) in [6, 6.07) is 2.13. The zero-order valence-corrected chi connectivity index (χ0v) is 16.0. The maximum Gasteiger partial charge on any atom is 0.323 e. The van der Waals surface area contributed by atoms with Crippen molar-refractivity contribution >= 4 is 30.0 Å². The minimum atomic E-state index is -0.726. The number of ketones is 2. The van der Waals surface area contributed by atoms with Crippen LogP contribution in [-0.4, -0.2) is 46.2 Å². The van der Waals surface area contributed by atoms with Gasteiger partial charge in [0.25, 0.3) is 0 Å². The highest BCUT2D eigenvalue weighted by atomic mass is 16.5. The van der Waals surface area contributed by atoms with Crippen LogP contribution in [0.3, 0.4) is 0 Å². The molecule has 9 heteroatoms. The highest BCUT2D eigenvalue weighted by molar-refractivity contribution is 6.28. The molecule has 0 bridgehead atoms. The molecule has 0 N–H and O–H groups in total. The SMILES string of the molecule is CCOC(=O)CCCCCCC1C(C(=O)C=[N+]=[N-])CC(C(=O)C=[N+]=[N-])C1C#N. The average Bonchev–Trinajstić information content (AvgIpc) is 3.04. The highest BCUT2D eigenvalue weighted by Gasteiger charge is 2.49. The first-order chi connectivity index (χ1) is 13.5. The van der Waals surface area contributed by atoms with Crippen LogP contribution >= 0.6 is 0 Å². The first-order valence-corrected chi connectivity index (χ1v) is 9.47. The molecular weight excluding hydrogens is 362 g/mol. The first-order valence-electron chi connectivity index (χ1n) is 9.47. The van der Waals surface area contributed by atoms with Gasteiger partial charge in [-0.2, -0.15) is 14.8 Å². The molecule has 1 saturated carbocycles. The Hall–Kier alpha value is -2.94. The van der Waals surface area contributed by atoms with Crippen LogP contribution in [0.2, 0.25) is 0 Å². The van der Waals surface area contributed by atoms with E-state index >= 15 is 0 Å². The fraction of sp³-hybridized carbons (Fsp3) is 0.684. The summed E-state index contributed by atoms with van der Waals surface area (Å²) < 4.78 is 4.87. The van der Waals surface area contributed by atoms with E-state index in [-0.39, 0.29) is 18.3 Å². The Labute approximate surface area is 163 Å². The van der Waals surface area contributed by atoms with E-state index < -0.39 is 29.3 Å². The predicted molar refractivity (Wildman–Crippen MR) is 97.9 cm³/mol. The predicted octanol–water partition coefficient (Wildman–Crippen LogP) is 2.02. The van der Waals surface area contributed by atoms with E-state index in [0.717, 1.165) is 31.7 Å². The number of nitrogens with zero attached hydrogens (tertiary/aromatic N) is 5. The Balaban J connectivity index is 2.69. The van der Waals surface area contributed by atoms with Crippen molar-refractivity contribution in [2.24, 2.45) is 23.7 Å². The lowest BCUT2D eigenvalue weighted by Crippen LogP contribution is -2.24. The average molecular weight is 387 g/mol. The molecule has 28 heavy (non-hydrogen) atoms. The summed E-state index contributed by atoms with van der Waals surface area (Å²) in [6.45, 7) is 2.12. The second-order valence-corrected chi connectivity index (χ2v) is 6.82. The van der Waals surface area contributed by atoms with Crippen molar-refractivity contribution in [3.63, 3.8) is 0 Å². The van der Waals surface area contributed by atoms with Crippen LogP contribution in [-0.2, 0) is 19.1 Å². The van der Waals surface area contributed by atoms with Gasteiger partial charge in [-0.3, -0.25) is 14.4 Å². The van der Waals surface area contributed by atoms with Crippen LogP contribution in [0.1, 0.15) is 51.9 Å². The standard InChI is InChI=1S/C19H25N5O4/c1-2-28-19(27)8-6-4-3-5-7-13-14(17(25)11-23-21)9-15(16(13)10-20)18(26)12-24-22/h11-16H,2-9H2,1H3. The molecule has 0 heterocycles. The molecule has 1 rings (SSSR count). The number of ether oxygens (including phenoxy) is 1. The van der Waals surface area contributed by atoms with Crippen molar-refractivity contribution in [1.82, 2.24) is 0 Å². The number of rotatable bonds is 12. The van der Waals surface area contributed by atoms with E-state index in [2.05, 4.69) is 15.6 Å². The van der Waals surface area contributed by atoms with Crippen LogP contribution in [0, 0.1) is 35.0 Å². The maximum absolute atomic E-state index is 12.3. The summed E-state index contributed by atoms with van der Waals surface area (Å²) in [5.74, 6) is -3.48. The molecule has 0 aromatic heterocycles. The minimum absolute atomic E-state index is 0.154. The normalized spacial score (nSPS) is 23.0. The Morgan fingerprint density at radius 2 is 1.68 bits per heavy atom. The number of hydrogen-bond donors (Lipinski definition) is 0. The second-order valence-electron chi connectivity index (χ2n) is 6.82. The molecule has 1 fully saturated rings. The van der Waals surface area contributed by atoms with Crippen molar-refractivity contribution in [3.8, 4) is 6.07 Å². The third-order valence-electron chi connectivity index (χ3n) is 5.14. The van der Waals surface area contributed by atoms with Crippen LogP contribution in [0.25, 0.3) is 11.1 Å². The lowest BCUT2D eigenvalue weighted by molar-refractivity contribution is -0.143. The van der Waals surface area contributed by atoms with Crippen molar-refractivity contribution in [2.75, 3.05) is 6.61 Å². The molecule has 9 nitrogen and oxygen atoms in total. The van der Waals surface area contributed by atoms with Gasteiger partial charge in [0.15, 0.2) is 0 Å². The highest BCUT2D eigenvalue weighted by Crippen LogP contribution is 2.44. The molecule has 1 aliphatic carbocycles. The smallest absolute Gasteiger partial charge is 0.323 e. The number of hydrogen-bond acceptors (Lipinski definition) is 5. The summed E-state index contributed by atoms with van der Waals surface area (Å²) in [7, 11) is 0. The molecular formula is C19H25N5O4. The van der Waals surface area contributed by atoms with E-state index in [0.29, 0.717) is 25.9 Å². The van der Waals surface area contributed by atoms with Gasteiger partial charge in [-0.15, -0.1) is 0 Å². The molecule has 4 unspecified atom stereocenters. The maximum atomic E-state index is 12.3. The zero-order chi connectivity index (χ0) is 20.9. The summed E-state index contributed by atoms with van der Waals surface area (Å²) in [5, 5.41) is 9.55. The van der Waals surface area contributed by atoms with E-state index in [9.17, 15) is 19.6 Å². The largest absolute Gasteiger partial charge is 0.466 e. The molecule has 0 aliphatic heterocycles. The van der Waals surface area contributed by atoms with Crippen LogP contribution in [0.4, 0.5) is 0 Å². The quantitative estimate of drug-likeness (QED) is 0.164. The molecule has 0 aromatic rings. The minimum Gasteiger partial charge on any atom is -0.466 e. The molecule has 0 aromatic carbocycles. The van der Waals surface area contributed by atoms with Gasteiger partial charge in [-0.05, 0) is 32.1 Å². The molecule has 0 amide bonds. The lowest BCUT2D eigenvalue weighted by Gasteiger charge is -2.19. The summed E-state index contributed by atoms with van der Waals surface area (Å²) in [5.41, 5.74) is 17.2. The Morgan fingerprint density at radius 3 is 2.25 bits per heavy atom. The van der Waals surface area contributed by atoms with Crippen LogP contribution < -0.4 is 0 Å². The van der Waals surface area contributed by atoms with Crippen molar-refractivity contribution in [3.05, 3.63) is 11.1 Å². The Kier molecular flexibility index (Phi) is 10.3. The van der Waals surface area contributed by atoms with Gasteiger partial charge in [0.05, 0.1) is 18.6 Å². The van der Waals surface area contributed by atoms with Gasteiger partial charge >= 0.3 is 18.4 Å². The number of unbranched alkanes of at least 4 members (excludes halogenated alkanes) is 3. The second kappa shape index (κ2) is 12.4. The van der Waals surface area contributed by atoms with Crippen LogP contribution in [0.15, 0.2) is 0 Å². The zero-order valence-electron chi connectivity index (χ0n) is 16.0. The topological polar surface area (TPSA) is 157 Å². The van der Waals surface area contributed by atoms with Gasteiger partial charge in [0, 0.05) is 18.3 Å². The van der Waals surface area contributed by atoms with Gasteiger partial charge in [-0.1, -0.05) is 19.3 Å². The molecule has 0 saturated heterocycles. The summed E-state index contributed by atoms with van der Waals surface area (Å²) in [4.78, 5) is 41.2. The van der Waals surface area contributed by atoms with E-state index in [4.69, 9.17) is 15.8 Å². The van der Waals surface area contributed by atoms with Crippen molar-refractivity contribution < 1.29 is 28.7 Å². The van der Waals surface area contributed by atoms with Gasteiger partial charge in [0.2, 0.25) is 11.6 Å². The molecule has 150 valence electrons. The molecule has 0 spiro atoms. The van der Waals surface area contributed by atoms with Crippen LogP contribution in [0.5, 0.6) is 0 Å². The monoisotopic (exact) mass is 387 g/mol. The van der Waals surface area contributed by atoms with Gasteiger partial charge in [-0.25, -0.2) is 0 Å². The third kappa shape index (κ3) is 6.66. The number of Topliss-reactive ketones (excluding diaryl/α,β-unsaturated/α-hetero) is 2. The van der Waals surface area contributed by atoms with E-state index in [1.54, 1.807) is 6.92 Å². The number of carbonyl (C=O) groups is 3. The van der Waals surface area contributed by atoms with Crippen molar-refractivity contribution in [1.29, 1.82) is 5.26 Å². The van der Waals surface area contributed by atoms with Crippen molar-refractivity contribution in [2.45, 2.75) is 51.9 Å². The lowest BCUT2D eigenvalue weighted by atomic mass is 9.82. The Morgan fingerprint density at radius 1 is 1.07 bits per heavy atom. The molecule has 0 radical (unpaired) electrons. The van der Waals surface area contributed by atoms with Gasteiger partial charge < -0.3 is 15.8 Å². The number of carbonyl (C=O) groups excluding carboxylic acids is 3. The fourth-order valence-corrected chi connectivity index (χ4v) is 3.87. The van der Waals surface area contributed by atoms with E-state index in [1.807, 2.05) is 0 Å². The summed E-state index contributed by atoms with van der Waals surface area (Å²) >= 11 is 0. The Bertz CT molecular complexity index is 716. The van der Waals surface area contributed by atoms with E-state index in [1.165, 1.54) is 0 Å². The molecule has 4 atom stereocenters. The summed E-state index contributed by atoms with van der Waals surface area (Å²) in [6.07, 6.45) is 5.73. The fourth-order valence-electron chi connectivity index (χ4n) is 3.87. The third-order valence-corrected chi connectivity index (χ3v) is 5.14. The number of nitriles is 1. The van der Waals surface area contributed by atoms with Gasteiger partial charge in [0.1, 0.15) is 0 Å². The first kappa shape index (κ1) is 23.1. The molecule has 1 aliphatic rings.